The van der Waals surface area contributed by atoms with Gasteiger partial charge in [0, 0.05) is 18.7 Å². The quantitative estimate of drug-likeness (QED) is 0.794. The van der Waals surface area contributed by atoms with Gasteiger partial charge in [-0.25, -0.2) is 9.97 Å². The standard InChI is InChI=1S/C17H30N4/c1-4-13-7-9-14(10-8-13)11-19-17-15(5-2)16(18-6-3)20-12-21-17/h12-14H,4-11H2,1-3H3,(H2,18,19,20,21). The number of hydrogen-bond acceptors (Lipinski definition) is 4. The van der Waals surface area contributed by atoms with Crippen LogP contribution in [0.1, 0.15) is 58.4 Å². The molecule has 1 aromatic rings. The molecule has 0 amide bonds. The number of hydrogen-bond donors (Lipinski definition) is 2. The Morgan fingerprint density at radius 2 is 1.57 bits per heavy atom. The van der Waals surface area contributed by atoms with Crippen LogP contribution in [0.5, 0.6) is 0 Å². The SMILES string of the molecule is CCNc1ncnc(NCC2CCC(CC)CC2)c1CC. The summed E-state index contributed by atoms with van der Waals surface area (Å²) in [5.74, 6) is 3.76. The maximum absolute atomic E-state index is 4.45. The highest BCUT2D eigenvalue weighted by Gasteiger charge is 2.20. The van der Waals surface area contributed by atoms with Crippen molar-refractivity contribution in [1.29, 1.82) is 0 Å². The smallest absolute Gasteiger partial charge is 0.134 e. The van der Waals surface area contributed by atoms with E-state index in [0.717, 1.165) is 43.0 Å². The topological polar surface area (TPSA) is 49.8 Å². The van der Waals surface area contributed by atoms with E-state index in [1.807, 2.05) is 0 Å². The molecule has 2 N–H and O–H groups in total. The molecular formula is C17H30N4. The molecule has 0 atom stereocenters. The number of anilines is 2. The Balaban J connectivity index is 1.92. The van der Waals surface area contributed by atoms with Crippen LogP contribution in [0.25, 0.3) is 0 Å². The molecule has 1 fully saturated rings. The van der Waals surface area contributed by atoms with Crippen molar-refractivity contribution < 1.29 is 0 Å². The first-order chi connectivity index (χ1) is 10.3. The van der Waals surface area contributed by atoms with Crippen molar-refractivity contribution in [2.45, 2.75) is 59.3 Å². The molecule has 2 rings (SSSR count). The van der Waals surface area contributed by atoms with Gasteiger partial charge in [-0.05, 0) is 38.0 Å². The lowest BCUT2D eigenvalue weighted by atomic mass is 9.81. The first-order valence-corrected chi connectivity index (χ1v) is 8.60. The van der Waals surface area contributed by atoms with E-state index < -0.39 is 0 Å². The van der Waals surface area contributed by atoms with Crippen LogP contribution >= 0.6 is 0 Å². The summed E-state index contributed by atoms with van der Waals surface area (Å²) in [6.45, 7) is 8.52. The van der Waals surface area contributed by atoms with Gasteiger partial charge in [-0.3, -0.25) is 0 Å². The van der Waals surface area contributed by atoms with Gasteiger partial charge < -0.3 is 10.6 Å². The van der Waals surface area contributed by atoms with Crippen molar-refractivity contribution in [3.8, 4) is 0 Å². The van der Waals surface area contributed by atoms with E-state index in [0.29, 0.717) is 0 Å². The van der Waals surface area contributed by atoms with Crippen LogP contribution in [0.15, 0.2) is 6.33 Å². The van der Waals surface area contributed by atoms with Gasteiger partial charge in [-0.1, -0.05) is 33.1 Å². The molecule has 1 aromatic heterocycles. The zero-order valence-electron chi connectivity index (χ0n) is 13.8. The third-order valence-electron chi connectivity index (χ3n) is 4.74. The minimum absolute atomic E-state index is 0.801. The van der Waals surface area contributed by atoms with Crippen LogP contribution in [0, 0.1) is 11.8 Å². The van der Waals surface area contributed by atoms with Crippen LogP contribution in [-0.2, 0) is 6.42 Å². The van der Waals surface area contributed by atoms with Gasteiger partial charge in [-0.15, -0.1) is 0 Å². The molecule has 1 saturated carbocycles. The Morgan fingerprint density at radius 3 is 2.14 bits per heavy atom. The molecule has 1 heterocycles. The summed E-state index contributed by atoms with van der Waals surface area (Å²) in [5, 5.41) is 6.90. The van der Waals surface area contributed by atoms with Gasteiger partial charge in [0.15, 0.2) is 0 Å². The Kier molecular flexibility index (Phi) is 6.27. The summed E-state index contributed by atoms with van der Waals surface area (Å²) in [7, 11) is 0. The van der Waals surface area contributed by atoms with Gasteiger partial charge in [0.1, 0.15) is 18.0 Å². The summed E-state index contributed by atoms with van der Waals surface area (Å²) >= 11 is 0. The molecular weight excluding hydrogens is 260 g/mol. The highest BCUT2D eigenvalue weighted by molar-refractivity contribution is 5.57. The van der Waals surface area contributed by atoms with Crippen LogP contribution in [0.4, 0.5) is 11.6 Å². The summed E-state index contributed by atoms with van der Waals surface area (Å²) in [6.07, 6.45) is 9.47. The van der Waals surface area contributed by atoms with Gasteiger partial charge in [0.2, 0.25) is 0 Å². The zero-order chi connectivity index (χ0) is 15.1. The highest BCUT2D eigenvalue weighted by Crippen LogP contribution is 2.31. The van der Waals surface area contributed by atoms with Crippen molar-refractivity contribution in [1.82, 2.24) is 9.97 Å². The van der Waals surface area contributed by atoms with E-state index in [1.165, 1.54) is 37.7 Å². The second-order valence-electron chi connectivity index (χ2n) is 6.11. The summed E-state index contributed by atoms with van der Waals surface area (Å²) < 4.78 is 0. The van der Waals surface area contributed by atoms with E-state index in [2.05, 4.69) is 41.4 Å². The minimum Gasteiger partial charge on any atom is -0.370 e. The van der Waals surface area contributed by atoms with Crippen molar-refractivity contribution in [2.75, 3.05) is 23.7 Å². The van der Waals surface area contributed by atoms with E-state index >= 15 is 0 Å². The molecule has 0 bridgehead atoms. The molecule has 0 aliphatic heterocycles. The van der Waals surface area contributed by atoms with Gasteiger partial charge >= 0.3 is 0 Å². The second-order valence-corrected chi connectivity index (χ2v) is 6.11. The first kappa shape index (κ1) is 16.1. The molecule has 0 saturated heterocycles. The Morgan fingerprint density at radius 1 is 0.952 bits per heavy atom. The van der Waals surface area contributed by atoms with E-state index in [-0.39, 0.29) is 0 Å². The average molecular weight is 290 g/mol. The largest absolute Gasteiger partial charge is 0.370 e. The Hall–Kier alpha value is -1.32. The fourth-order valence-corrected chi connectivity index (χ4v) is 3.30. The predicted molar refractivity (Wildman–Crippen MR) is 89.8 cm³/mol. The fraction of sp³-hybridized carbons (Fsp3) is 0.765. The van der Waals surface area contributed by atoms with Crippen molar-refractivity contribution in [2.24, 2.45) is 11.8 Å². The van der Waals surface area contributed by atoms with Crippen LogP contribution in [-0.4, -0.2) is 23.1 Å². The minimum atomic E-state index is 0.801. The Bertz CT molecular complexity index is 425. The molecule has 0 aromatic carbocycles. The monoisotopic (exact) mass is 290 g/mol. The molecule has 0 radical (unpaired) electrons. The maximum atomic E-state index is 4.45. The summed E-state index contributed by atoms with van der Waals surface area (Å²) in [5.41, 5.74) is 1.21. The molecule has 4 nitrogen and oxygen atoms in total. The first-order valence-electron chi connectivity index (χ1n) is 8.60. The van der Waals surface area contributed by atoms with Crippen LogP contribution in [0.2, 0.25) is 0 Å². The Labute approximate surface area is 129 Å². The van der Waals surface area contributed by atoms with Gasteiger partial charge in [-0.2, -0.15) is 0 Å². The van der Waals surface area contributed by atoms with E-state index in [1.54, 1.807) is 6.33 Å². The van der Waals surface area contributed by atoms with E-state index in [9.17, 15) is 0 Å². The highest BCUT2D eigenvalue weighted by atomic mass is 15.1. The van der Waals surface area contributed by atoms with Crippen LogP contribution in [0.3, 0.4) is 0 Å². The van der Waals surface area contributed by atoms with Crippen LogP contribution < -0.4 is 10.6 Å². The second kappa shape index (κ2) is 8.20. The molecule has 118 valence electrons. The predicted octanol–water partition coefficient (Wildman–Crippen LogP) is 4.10. The average Bonchev–Trinajstić information content (AvgIpc) is 2.54. The third-order valence-corrected chi connectivity index (χ3v) is 4.74. The lowest BCUT2D eigenvalue weighted by Gasteiger charge is -2.28. The lowest BCUT2D eigenvalue weighted by Crippen LogP contribution is -2.22. The molecule has 4 heteroatoms. The van der Waals surface area contributed by atoms with Crippen molar-refractivity contribution in [3.63, 3.8) is 0 Å². The molecule has 1 aliphatic rings. The molecule has 0 spiro atoms. The molecule has 21 heavy (non-hydrogen) atoms. The summed E-state index contributed by atoms with van der Waals surface area (Å²) in [6, 6.07) is 0. The van der Waals surface area contributed by atoms with Gasteiger partial charge in [0.25, 0.3) is 0 Å². The van der Waals surface area contributed by atoms with Crippen molar-refractivity contribution in [3.05, 3.63) is 11.9 Å². The number of nitrogens with zero attached hydrogens (tertiary/aromatic N) is 2. The molecule has 1 aliphatic carbocycles. The number of aromatic nitrogens is 2. The zero-order valence-corrected chi connectivity index (χ0v) is 13.8. The third kappa shape index (κ3) is 4.32. The summed E-state index contributed by atoms with van der Waals surface area (Å²) in [4.78, 5) is 8.80. The number of rotatable bonds is 7. The molecule has 0 unspecified atom stereocenters. The maximum Gasteiger partial charge on any atom is 0.134 e. The normalized spacial score (nSPS) is 22.0. The van der Waals surface area contributed by atoms with Gasteiger partial charge in [0.05, 0.1) is 0 Å². The van der Waals surface area contributed by atoms with E-state index in [4.69, 9.17) is 0 Å². The lowest BCUT2D eigenvalue weighted by molar-refractivity contribution is 0.278. The fourth-order valence-electron chi connectivity index (χ4n) is 3.30. The van der Waals surface area contributed by atoms with Crippen molar-refractivity contribution >= 4 is 11.6 Å². The number of nitrogens with one attached hydrogen (secondary N) is 2.